The first-order valence-electron chi connectivity index (χ1n) is 9.41. The van der Waals surface area contributed by atoms with Gasteiger partial charge in [-0.15, -0.1) is 0 Å². The van der Waals surface area contributed by atoms with Crippen LogP contribution in [0.25, 0.3) is 11.0 Å². The SMILES string of the molecule is CCCOC(=O)c1ccc(Oc2c(C(F)(F)F)oc3cc(OC(C)=O)ccc3c2=O)cc1. The molecule has 3 aromatic rings. The van der Waals surface area contributed by atoms with Crippen LogP contribution in [0.1, 0.15) is 36.4 Å². The van der Waals surface area contributed by atoms with Crippen molar-refractivity contribution in [3.05, 3.63) is 64.0 Å². The maximum absolute atomic E-state index is 13.6. The molecule has 0 aliphatic carbocycles. The second-order valence-corrected chi connectivity index (χ2v) is 6.60. The Balaban J connectivity index is 2.01. The highest BCUT2D eigenvalue weighted by atomic mass is 19.4. The first-order valence-corrected chi connectivity index (χ1v) is 9.41. The van der Waals surface area contributed by atoms with E-state index < -0.39 is 40.6 Å². The number of benzene rings is 2. The minimum atomic E-state index is -5.05. The van der Waals surface area contributed by atoms with Gasteiger partial charge in [-0.05, 0) is 42.8 Å². The van der Waals surface area contributed by atoms with Crippen molar-refractivity contribution < 1.29 is 41.4 Å². The van der Waals surface area contributed by atoms with E-state index in [0.717, 1.165) is 13.0 Å². The van der Waals surface area contributed by atoms with Gasteiger partial charge in [-0.2, -0.15) is 13.2 Å². The number of carbonyl (C=O) groups is 2. The first kappa shape index (κ1) is 22.9. The highest BCUT2D eigenvalue weighted by molar-refractivity contribution is 5.89. The molecule has 0 atom stereocenters. The van der Waals surface area contributed by atoms with Crippen LogP contribution in [0.2, 0.25) is 0 Å². The zero-order chi connectivity index (χ0) is 23.5. The second-order valence-electron chi connectivity index (χ2n) is 6.60. The molecule has 0 N–H and O–H groups in total. The predicted molar refractivity (Wildman–Crippen MR) is 106 cm³/mol. The Kier molecular flexibility index (Phi) is 6.52. The average molecular weight is 450 g/mol. The summed E-state index contributed by atoms with van der Waals surface area (Å²) in [5.74, 6) is -4.20. The number of fused-ring (bicyclic) bond motifs is 1. The average Bonchev–Trinajstić information content (AvgIpc) is 2.73. The summed E-state index contributed by atoms with van der Waals surface area (Å²) in [5.41, 5.74) is -1.33. The molecule has 3 rings (SSSR count). The fraction of sp³-hybridized carbons (Fsp3) is 0.227. The molecule has 0 saturated carbocycles. The lowest BCUT2D eigenvalue weighted by atomic mass is 10.2. The van der Waals surface area contributed by atoms with Crippen LogP contribution in [0.5, 0.6) is 17.2 Å². The monoisotopic (exact) mass is 450 g/mol. The van der Waals surface area contributed by atoms with E-state index in [0.29, 0.717) is 6.42 Å². The summed E-state index contributed by atoms with van der Waals surface area (Å²) in [5, 5.41) is -0.205. The highest BCUT2D eigenvalue weighted by Gasteiger charge is 2.40. The van der Waals surface area contributed by atoms with Gasteiger partial charge in [0.2, 0.25) is 11.2 Å². The van der Waals surface area contributed by atoms with Crippen molar-refractivity contribution in [3.63, 3.8) is 0 Å². The molecule has 0 fully saturated rings. The van der Waals surface area contributed by atoms with Gasteiger partial charge in [0.05, 0.1) is 17.6 Å². The lowest BCUT2D eigenvalue weighted by Gasteiger charge is -2.13. The summed E-state index contributed by atoms with van der Waals surface area (Å²) in [6, 6.07) is 8.48. The molecule has 32 heavy (non-hydrogen) atoms. The molecule has 0 bridgehead atoms. The molecule has 1 aromatic heterocycles. The molecule has 168 valence electrons. The van der Waals surface area contributed by atoms with Gasteiger partial charge in [0, 0.05) is 13.0 Å². The standard InChI is InChI=1S/C22H17F3O7/c1-3-10-29-21(28)13-4-6-14(7-5-13)31-19-18(27)16-9-8-15(30-12(2)26)11-17(16)32-20(19)22(23,24)25/h4-9,11H,3,10H2,1-2H3. The van der Waals surface area contributed by atoms with Crippen molar-refractivity contribution in [2.24, 2.45) is 0 Å². The van der Waals surface area contributed by atoms with Crippen LogP contribution in [-0.4, -0.2) is 18.5 Å². The Morgan fingerprint density at radius 3 is 2.28 bits per heavy atom. The van der Waals surface area contributed by atoms with Gasteiger partial charge < -0.3 is 18.6 Å². The topological polar surface area (TPSA) is 92.0 Å². The van der Waals surface area contributed by atoms with Crippen LogP contribution in [0, 0.1) is 0 Å². The molecule has 1 heterocycles. The van der Waals surface area contributed by atoms with Gasteiger partial charge in [-0.1, -0.05) is 6.92 Å². The van der Waals surface area contributed by atoms with E-state index in [1.165, 1.54) is 36.4 Å². The van der Waals surface area contributed by atoms with Gasteiger partial charge in [-0.25, -0.2) is 4.79 Å². The van der Waals surface area contributed by atoms with Crippen LogP contribution in [-0.2, 0) is 15.7 Å². The molecule has 0 aliphatic heterocycles. The molecule has 0 radical (unpaired) electrons. The third-order valence-electron chi connectivity index (χ3n) is 4.09. The summed E-state index contributed by atoms with van der Waals surface area (Å²) in [6.07, 6.45) is -4.42. The number of esters is 2. The molecular weight excluding hydrogens is 433 g/mol. The van der Waals surface area contributed by atoms with Crippen LogP contribution >= 0.6 is 0 Å². The van der Waals surface area contributed by atoms with E-state index in [2.05, 4.69) is 0 Å². The summed E-state index contributed by atoms with van der Waals surface area (Å²) in [6.45, 7) is 3.17. The van der Waals surface area contributed by atoms with E-state index in [9.17, 15) is 27.6 Å². The fourth-order valence-electron chi connectivity index (χ4n) is 2.72. The molecule has 10 heteroatoms. The largest absolute Gasteiger partial charge is 0.462 e. The van der Waals surface area contributed by atoms with E-state index in [1.54, 1.807) is 0 Å². The Bertz CT molecular complexity index is 1210. The van der Waals surface area contributed by atoms with Crippen molar-refractivity contribution in [2.75, 3.05) is 6.61 Å². The molecule has 7 nitrogen and oxygen atoms in total. The van der Waals surface area contributed by atoms with Crippen molar-refractivity contribution in [3.8, 4) is 17.2 Å². The van der Waals surface area contributed by atoms with Crippen LogP contribution in [0.4, 0.5) is 13.2 Å². The van der Waals surface area contributed by atoms with E-state index in [4.69, 9.17) is 18.6 Å². The first-order chi connectivity index (χ1) is 15.1. The maximum atomic E-state index is 13.6. The van der Waals surface area contributed by atoms with Crippen molar-refractivity contribution in [2.45, 2.75) is 26.4 Å². The van der Waals surface area contributed by atoms with Crippen molar-refractivity contribution in [1.29, 1.82) is 0 Å². The molecule has 0 unspecified atom stereocenters. The van der Waals surface area contributed by atoms with Crippen LogP contribution in [0.15, 0.2) is 51.7 Å². The Morgan fingerprint density at radius 2 is 1.69 bits per heavy atom. The number of halogens is 3. The second kappa shape index (κ2) is 9.13. The minimum Gasteiger partial charge on any atom is -0.462 e. The van der Waals surface area contributed by atoms with Crippen LogP contribution < -0.4 is 14.9 Å². The van der Waals surface area contributed by atoms with E-state index in [1.807, 2.05) is 6.92 Å². The minimum absolute atomic E-state index is 0.0829. The number of hydrogen-bond donors (Lipinski definition) is 0. The Labute approximate surface area is 179 Å². The lowest BCUT2D eigenvalue weighted by Crippen LogP contribution is -2.15. The van der Waals surface area contributed by atoms with Gasteiger partial charge in [0.25, 0.3) is 5.76 Å². The Morgan fingerprint density at radius 1 is 1.03 bits per heavy atom. The van der Waals surface area contributed by atoms with Gasteiger partial charge >= 0.3 is 18.1 Å². The van der Waals surface area contributed by atoms with E-state index in [-0.39, 0.29) is 29.1 Å². The van der Waals surface area contributed by atoms with Crippen molar-refractivity contribution >= 4 is 22.9 Å². The lowest BCUT2D eigenvalue weighted by molar-refractivity contribution is -0.154. The van der Waals surface area contributed by atoms with Gasteiger partial charge in [-0.3, -0.25) is 9.59 Å². The number of carbonyl (C=O) groups excluding carboxylic acids is 2. The summed E-state index contributed by atoms with van der Waals surface area (Å²) in [4.78, 5) is 35.7. The molecule has 0 saturated heterocycles. The molecule has 0 aliphatic rings. The molecule has 2 aromatic carbocycles. The summed E-state index contributed by atoms with van der Waals surface area (Å²) < 4.78 is 60.7. The van der Waals surface area contributed by atoms with Crippen LogP contribution in [0.3, 0.4) is 0 Å². The molecular formula is C22H17F3O7. The number of ether oxygens (including phenoxy) is 3. The zero-order valence-corrected chi connectivity index (χ0v) is 16.9. The highest BCUT2D eigenvalue weighted by Crippen LogP contribution is 2.38. The smallest absolute Gasteiger partial charge is 0.453 e. The summed E-state index contributed by atoms with van der Waals surface area (Å²) in [7, 11) is 0. The zero-order valence-electron chi connectivity index (χ0n) is 16.9. The van der Waals surface area contributed by atoms with E-state index >= 15 is 0 Å². The molecule has 0 amide bonds. The number of rotatable bonds is 6. The van der Waals surface area contributed by atoms with Gasteiger partial charge in [0.1, 0.15) is 17.1 Å². The third-order valence-corrected chi connectivity index (χ3v) is 4.09. The normalized spacial score (nSPS) is 11.3. The number of alkyl halides is 3. The quantitative estimate of drug-likeness (QED) is 0.381. The molecule has 0 spiro atoms. The van der Waals surface area contributed by atoms with Gasteiger partial charge in [0.15, 0.2) is 0 Å². The Hall–Kier alpha value is -3.82. The third kappa shape index (κ3) is 5.08. The predicted octanol–water partition coefficient (Wildman–Crippen LogP) is 5.10. The van der Waals surface area contributed by atoms with Crippen molar-refractivity contribution in [1.82, 2.24) is 0 Å². The fourth-order valence-corrected chi connectivity index (χ4v) is 2.72. The number of hydrogen-bond acceptors (Lipinski definition) is 7. The maximum Gasteiger partial charge on any atom is 0.453 e. The summed E-state index contributed by atoms with van der Waals surface area (Å²) >= 11 is 0.